The van der Waals surface area contributed by atoms with Crippen LogP contribution in [0.4, 0.5) is 0 Å². The van der Waals surface area contributed by atoms with Crippen molar-refractivity contribution < 1.29 is 4.74 Å². The highest BCUT2D eigenvalue weighted by molar-refractivity contribution is 5.98. The number of aryl methyl sites for hydroxylation is 1. The molecule has 4 rings (SSSR count). The molecule has 1 fully saturated rings. The van der Waals surface area contributed by atoms with Crippen molar-refractivity contribution in [1.29, 1.82) is 0 Å². The van der Waals surface area contributed by atoms with Gasteiger partial charge < -0.3 is 9.14 Å². The van der Waals surface area contributed by atoms with Gasteiger partial charge in [-0.1, -0.05) is 12.7 Å². The number of pyridine rings is 1. The molecule has 2 aliphatic rings. The van der Waals surface area contributed by atoms with Crippen LogP contribution in [-0.4, -0.2) is 40.1 Å². The number of allylic oxidation sites excluding steroid dienone is 2. The minimum absolute atomic E-state index is 0.423. The number of fused-ring (bicyclic) bond motifs is 3. The lowest BCUT2D eigenvalue weighted by molar-refractivity contribution is 0.259. The number of aromatic nitrogens is 2. The summed E-state index contributed by atoms with van der Waals surface area (Å²) >= 11 is 0. The Morgan fingerprint density at radius 3 is 2.90 bits per heavy atom. The van der Waals surface area contributed by atoms with Crippen LogP contribution in [0.5, 0.6) is 5.75 Å². The number of imidazole rings is 1. The lowest BCUT2D eigenvalue weighted by Crippen LogP contribution is -2.30. The van der Waals surface area contributed by atoms with Gasteiger partial charge in [0.15, 0.2) is 17.2 Å². The number of aliphatic imine (C=N–C) groups is 1. The highest BCUT2D eigenvalue weighted by Crippen LogP contribution is 2.43. The van der Waals surface area contributed by atoms with E-state index in [1.165, 1.54) is 5.56 Å². The lowest BCUT2D eigenvalue weighted by Gasteiger charge is -2.35. The topological polar surface area (TPSA) is 54.5 Å². The molecule has 30 heavy (non-hydrogen) atoms. The van der Waals surface area contributed by atoms with Crippen LogP contribution < -0.4 is 4.74 Å². The molecule has 0 bridgehead atoms. The van der Waals surface area contributed by atoms with E-state index in [4.69, 9.17) is 14.7 Å². The number of rotatable bonds is 6. The van der Waals surface area contributed by atoms with E-state index in [1.807, 2.05) is 26.8 Å². The van der Waals surface area contributed by atoms with Crippen molar-refractivity contribution in [2.45, 2.75) is 52.4 Å². The number of amidine groups is 1. The first-order valence-electron chi connectivity index (χ1n) is 10.8. The SMILES string of the molecule is C=NN(/C(C)=C\C)/C(=N\CC1CCC1c1cn2ccc3c(c2n1)OCCC3)C(=C)C. The Morgan fingerprint density at radius 2 is 2.23 bits per heavy atom. The molecule has 0 saturated heterocycles. The van der Waals surface area contributed by atoms with Gasteiger partial charge in [-0.3, -0.25) is 4.99 Å². The number of nitrogens with zero attached hydrogens (tertiary/aromatic N) is 5. The second kappa shape index (κ2) is 8.46. The highest BCUT2D eigenvalue weighted by atomic mass is 16.5. The third-order valence-electron chi connectivity index (χ3n) is 6.27. The van der Waals surface area contributed by atoms with Gasteiger partial charge in [-0.15, -0.1) is 0 Å². The Labute approximate surface area is 178 Å². The predicted octanol–water partition coefficient (Wildman–Crippen LogP) is 4.97. The summed E-state index contributed by atoms with van der Waals surface area (Å²) in [6.07, 6.45) is 10.7. The third-order valence-corrected chi connectivity index (χ3v) is 6.27. The number of hydrogen-bond donors (Lipinski definition) is 0. The molecule has 0 N–H and O–H groups in total. The summed E-state index contributed by atoms with van der Waals surface area (Å²) in [5, 5.41) is 5.91. The van der Waals surface area contributed by atoms with E-state index in [0.29, 0.717) is 11.8 Å². The predicted molar refractivity (Wildman–Crippen MR) is 122 cm³/mol. The molecule has 2 atom stereocenters. The number of ether oxygens (including phenoxy) is 1. The molecule has 158 valence electrons. The standard InChI is InChI=1S/C24H31N5O/c1-6-17(4)29(25-5)23(16(2)3)26-14-19-9-10-20(19)21-15-28-12-11-18-8-7-13-30-22(18)24(28)27-21/h6,11-12,15,19-20H,2,5,7-10,13-14H2,1,3-4H3/b17-6-,26-23-. The van der Waals surface area contributed by atoms with Crippen molar-refractivity contribution >= 4 is 18.2 Å². The summed E-state index contributed by atoms with van der Waals surface area (Å²) in [6, 6.07) is 2.16. The fourth-order valence-corrected chi connectivity index (χ4v) is 4.28. The van der Waals surface area contributed by atoms with Gasteiger partial charge in [0.2, 0.25) is 0 Å². The van der Waals surface area contributed by atoms with Gasteiger partial charge in [-0.05, 0) is 69.6 Å². The quantitative estimate of drug-likeness (QED) is 0.387. The Balaban J connectivity index is 1.55. The second-order valence-corrected chi connectivity index (χ2v) is 8.29. The molecule has 6 nitrogen and oxygen atoms in total. The zero-order valence-corrected chi connectivity index (χ0v) is 18.3. The average Bonchev–Trinajstić information content (AvgIpc) is 3.15. The van der Waals surface area contributed by atoms with Crippen LogP contribution in [0.2, 0.25) is 0 Å². The summed E-state index contributed by atoms with van der Waals surface area (Å²) in [7, 11) is 0. The molecule has 6 heteroatoms. The fourth-order valence-electron chi connectivity index (χ4n) is 4.28. The molecule has 0 spiro atoms. The van der Waals surface area contributed by atoms with E-state index in [0.717, 1.165) is 73.0 Å². The molecular weight excluding hydrogens is 374 g/mol. The van der Waals surface area contributed by atoms with Crippen molar-refractivity contribution in [2.75, 3.05) is 13.2 Å². The first-order chi connectivity index (χ1) is 14.5. The van der Waals surface area contributed by atoms with Crippen LogP contribution in [-0.2, 0) is 6.42 Å². The van der Waals surface area contributed by atoms with Gasteiger partial charge in [0, 0.05) is 37.3 Å². The molecule has 2 aromatic rings. The highest BCUT2D eigenvalue weighted by Gasteiger charge is 2.34. The zero-order valence-electron chi connectivity index (χ0n) is 18.3. The van der Waals surface area contributed by atoms with Gasteiger partial charge in [-0.25, -0.2) is 9.99 Å². The first kappa shape index (κ1) is 20.4. The van der Waals surface area contributed by atoms with Crippen LogP contribution >= 0.6 is 0 Å². The Hall–Kier alpha value is -2.89. The van der Waals surface area contributed by atoms with E-state index in [-0.39, 0.29) is 0 Å². The van der Waals surface area contributed by atoms with Gasteiger partial charge in [0.25, 0.3) is 0 Å². The molecule has 1 saturated carbocycles. The summed E-state index contributed by atoms with van der Waals surface area (Å²) < 4.78 is 8.05. The molecule has 2 unspecified atom stereocenters. The van der Waals surface area contributed by atoms with Crippen LogP contribution in [0, 0.1) is 5.92 Å². The van der Waals surface area contributed by atoms with E-state index in [9.17, 15) is 0 Å². The molecule has 3 heterocycles. The maximum Gasteiger partial charge on any atom is 0.180 e. The molecule has 0 radical (unpaired) electrons. The van der Waals surface area contributed by atoms with Crippen molar-refractivity contribution in [3.8, 4) is 5.75 Å². The smallest absolute Gasteiger partial charge is 0.180 e. The van der Waals surface area contributed by atoms with Crippen molar-refractivity contribution in [1.82, 2.24) is 14.4 Å². The lowest BCUT2D eigenvalue weighted by atomic mass is 9.72. The zero-order chi connectivity index (χ0) is 21.3. The molecule has 2 aromatic heterocycles. The van der Waals surface area contributed by atoms with Crippen LogP contribution in [0.3, 0.4) is 0 Å². The van der Waals surface area contributed by atoms with E-state index >= 15 is 0 Å². The molecule has 0 amide bonds. The van der Waals surface area contributed by atoms with Crippen LogP contribution in [0.1, 0.15) is 57.2 Å². The molecular formula is C24H31N5O. The maximum atomic E-state index is 5.94. The maximum absolute atomic E-state index is 5.94. The molecule has 1 aliphatic heterocycles. The van der Waals surface area contributed by atoms with Crippen molar-refractivity contribution in [2.24, 2.45) is 16.0 Å². The van der Waals surface area contributed by atoms with E-state index < -0.39 is 0 Å². The largest absolute Gasteiger partial charge is 0.489 e. The second-order valence-electron chi connectivity index (χ2n) is 8.29. The van der Waals surface area contributed by atoms with Crippen LogP contribution in [0.25, 0.3) is 5.65 Å². The van der Waals surface area contributed by atoms with Gasteiger partial charge >= 0.3 is 0 Å². The third kappa shape index (κ3) is 3.66. The van der Waals surface area contributed by atoms with Gasteiger partial charge in [0.1, 0.15) is 0 Å². The van der Waals surface area contributed by atoms with Crippen molar-refractivity contribution in [3.63, 3.8) is 0 Å². The van der Waals surface area contributed by atoms with E-state index in [1.54, 1.807) is 5.01 Å². The van der Waals surface area contributed by atoms with Gasteiger partial charge in [-0.2, -0.15) is 5.10 Å². The summed E-state index contributed by atoms with van der Waals surface area (Å²) in [4.78, 5) is 9.87. The van der Waals surface area contributed by atoms with Crippen LogP contribution in [0.15, 0.2) is 52.5 Å². The Kier molecular flexibility index (Phi) is 5.75. The fraction of sp³-hybridized carbons (Fsp3) is 0.458. The minimum atomic E-state index is 0.423. The molecule has 0 aromatic carbocycles. The number of hydrogen-bond acceptors (Lipinski definition) is 4. The Morgan fingerprint density at radius 1 is 1.40 bits per heavy atom. The normalized spacial score (nSPS) is 21.6. The minimum Gasteiger partial charge on any atom is -0.489 e. The summed E-state index contributed by atoms with van der Waals surface area (Å²) in [5.41, 5.74) is 5.23. The monoisotopic (exact) mass is 405 g/mol. The van der Waals surface area contributed by atoms with Gasteiger partial charge in [0.05, 0.1) is 12.3 Å². The summed E-state index contributed by atoms with van der Waals surface area (Å²) in [6.45, 7) is 15.3. The Bertz CT molecular complexity index is 1030. The van der Waals surface area contributed by atoms with Crippen molar-refractivity contribution in [3.05, 3.63) is 53.6 Å². The average molecular weight is 406 g/mol. The first-order valence-corrected chi connectivity index (χ1v) is 10.8. The number of hydrazone groups is 1. The summed E-state index contributed by atoms with van der Waals surface area (Å²) in [5.74, 6) is 2.64. The van der Waals surface area contributed by atoms with E-state index in [2.05, 4.69) is 41.3 Å². The molecule has 1 aliphatic carbocycles.